The molecule has 0 bridgehead atoms. The van der Waals surface area contributed by atoms with Gasteiger partial charge in [-0.3, -0.25) is 4.79 Å². The van der Waals surface area contributed by atoms with Gasteiger partial charge in [0.1, 0.15) is 11.6 Å². The van der Waals surface area contributed by atoms with Gasteiger partial charge in [0, 0.05) is 17.5 Å². The first-order valence-corrected chi connectivity index (χ1v) is 7.47. The highest BCUT2D eigenvalue weighted by molar-refractivity contribution is 5.83. The molecule has 2 N–H and O–H groups in total. The molecule has 1 aromatic rings. The van der Waals surface area contributed by atoms with Crippen LogP contribution in [-0.4, -0.2) is 30.4 Å². The first-order chi connectivity index (χ1) is 11.0. The topological polar surface area (TPSA) is 64.8 Å². The number of alkyl halides is 3. The summed E-state index contributed by atoms with van der Waals surface area (Å²) in [6, 6.07) is 2.50. The molecule has 0 aliphatic carbocycles. The van der Waals surface area contributed by atoms with Crippen LogP contribution < -0.4 is 10.5 Å². The van der Waals surface area contributed by atoms with Crippen molar-refractivity contribution in [1.29, 1.82) is 0 Å². The van der Waals surface area contributed by atoms with Crippen LogP contribution in [0.2, 0.25) is 0 Å². The summed E-state index contributed by atoms with van der Waals surface area (Å²) in [7, 11) is 0. The van der Waals surface area contributed by atoms with Crippen LogP contribution >= 0.6 is 0 Å². The number of amides is 1. The lowest BCUT2D eigenvalue weighted by Crippen LogP contribution is -2.43. The zero-order valence-electron chi connectivity index (χ0n) is 13.2. The summed E-state index contributed by atoms with van der Waals surface area (Å²) in [4.78, 5) is 11.2. The van der Waals surface area contributed by atoms with Crippen molar-refractivity contribution >= 4 is 5.91 Å². The average Bonchev–Trinajstić information content (AvgIpc) is 2.98. The summed E-state index contributed by atoms with van der Waals surface area (Å²) in [5, 5.41) is 0. The molecule has 1 aromatic carbocycles. The molecule has 2 heterocycles. The van der Waals surface area contributed by atoms with E-state index in [1.165, 1.54) is 26.0 Å². The first kappa shape index (κ1) is 17.0. The van der Waals surface area contributed by atoms with Crippen molar-refractivity contribution in [3.05, 3.63) is 29.1 Å². The number of primary amides is 1. The minimum absolute atomic E-state index is 0.331. The standard InChI is InChI=1S/C16H17F4NO3/c1-14(2,7-15(16(18,19)20)12(24-15)13(21)22)10-6-9(17)5-8-3-4-23-11(8)10/h5-6,12H,3-4,7H2,1-2H3,(H2,21,22)/t12-,15-/m0/s1. The van der Waals surface area contributed by atoms with E-state index in [9.17, 15) is 22.4 Å². The maximum atomic E-state index is 13.9. The zero-order valence-corrected chi connectivity index (χ0v) is 13.2. The molecule has 2 aliphatic heterocycles. The normalized spacial score (nSPS) is 26.0. The van der Waals surface area contributed by atoms with Crippen LogP contribution in [0.1, 0.15) is 31.4 Å². The fourth-order valence-corrected chi connectivity index (χ4v) is 3.44. The number of rotatable bonds is 4. The number of hydrogen-bond donors (Lipinski definition) is 1. The molecule has 132 valence electrons. The van der Waals surface area contributed by atoms with Crippen LogP contribution in [0.5, 0.6) is 5.75 Å². The molecule has 2 atom stereocenters. The van der Waals surface area contributed by atoms with E-state index in [4.69, 9.17) is 15.2 Å². The lowest BCUT2D eigenvalue weighted by molar-refractivity contribution is -0.189. The van der Waals surface area contributed by atoms with Crippen molar-refractivity contribution in [3.63, 3.8) is 0 Å². The number of halogens is 4. The fourth-order valence-electron chi connectivity index (χ4n) is 3.44. The molecular formula is C16H17F4NO3. The predicted octanol–water partition coefficient (Wildman–Crippen LogP) is 2.61. The second kappa shape index (κ2) is 5.08. The number of fused-ring (bicyclic) bond motifs is 1. The minimum Gasteiger partial charge on any atom is -0.493 e. The summed E-state index contributed by atoms with van der Waals surface area (Å²) in [6.45, 7) is 3.43. The van der Waals surface area contributed by atoms with Gasteiger partial charge in [0.2, 0.25) is 5.91 Å². The molecule has 8 heteroatoms. The number of epoxide rings is 1. The van der Waals surface area contributed by atoms with E-state index in [1.54, 1.807) is 0 Å². The molecule has 3 rings (SSSR count). The van der Waals surface area contributed by atoms with Gasteiger partial charge in [0.05, 0.1) is 6.61 Å². The summed E-state index contributed by atoms with van der Waals surface area (Å²) in [5.74, 6) is -1.29. The molecule has 4 nitrogen and oxygen atoms in total. The Labute approximate surface area is 135 Å². The lowest BCUT2D eigenvalue weighted by Gasteiger charge is -2.31. The van der Waals surface area contributed by atoms with E-state index in [0.29, 0.717) is 29.9 Å². The van der Waals surface area contributed by atoms with Crippen molar-refractivity contribution in [3.8, 4) is 5.75 Å². The maximum Gasteiger partial charge on any atom is 0.420 e. The Morgan fingerprint density at radius 1 is 1.38 bits per heavy atom. The molecular weight excluding hydrogens is 330 g/mol. The van der Waals surface area contributed by atoms with E-state index < -0.39 is 41.4 Å². The Morgan fingerprint density at radius 3 is 2.58 bits per heavy atom. The van der Waals surface area contributed by atoms with Gasteiger partial charge in [0.15, 0.2) is 11.7 Å². The number of carbonyl (C=O) groups is 1. The molecule has 0 unspecified atom stereocenters. The molecule has 2 aliphatic rings. The van der Waals surface area contributed by atoms with Crippen molar-refractivity contribution < 1.29 is 31.8 Å². The van der Waals surface area contributed by atoms with Gasteiger partial charge >= 0.3 is 6.18 Å². The van der Waals surface area contributed by atoms with Crippen LogP contribution in [0.3, 0.4) is 0 Å². The van der Waals surface area contributed by atoms with Gasteiger partial charge in [-0.05, 0) is 24.0 Å². The summed E-state index contributed by atoms with van der Waals surface area (Å²) < 4.78 is 64.4. The van der Waals surface area contributed by atoms with E-state index in [0.717, 1.165) is 0 Å². The van der Waals surface area contributed by atoms with Gasteiger partial charge in [-0.1, -0.05) is 13.8 Å². The number of carbonyl (C=O) groups excluding carboxylic acids is 1. The molecule has 1 amide bonds. The Balaban J connectivity index is 1.99. The summed E-state index contributed by atoms with van der Waals surface area (Å²) in [6.07, 6.45) is -6.54. The number of hydrogen-bond acceptors (Lipinski definition) is 3. The summed E-state index contributed by atoms with van der Waals surface area (Å²) in [5.41, 5.74) is 2.17. The van der Waals surface area contributed by atoms with Crippen molar-refractivity contribution in [2.75, 3.05) is 6.61 Å². The monoisotopic (exact) mass is 347 g/mol. The predicted molar refractivity (Wildman–Crippen MR) is 76.1 cm³/mol. The number of nitrogens with two attached hydrogens (primary N) is 1. The first-order valence-electron chi connectivity index (χ1n) is 7.47. The lowest BCUT2D eigenvalue weighted by atomic mass is 9.74. The smallest absolute Gasteiger partial charge is 0.420 e. The molecule has 1 saturated heterocycles. The van der Waals surface area contributed by atoms with E-state index in [2.05, 4.69) is 0 Å². The van der Waals surface area contributed by atoms with E-state index in [-0.39, 0.29) is 0 Å². The van der Waals surface area contributed by atoms with Crippen molar-refractivity contribution in [1.82, 2.24) is 0 Å². The second-order valence-corrected chi connectivity index (χ2v) is 6.89. The van der Waals surface area contributed by atoms with Gasteiger partial charge in [0.25, 0.3) is 0 Å². The average molecular weight is 347 g/mol. The third-order valence-electron chi connectivity index (χ3n) is 4.61. The highest BCUT2D eigenvalue weighted by Gasteiger charge is 2.76. The van der Waals surface area contributed by atoms with Crippen LogP contribution in [0.15, 0.2) is 12.1 Å². The highest BCUT2D eigenvalue weighted by atomic mass is 19.4. The SMILES string of the molecule is CC(C)(C[C@]1(C(F)(F)F)O[C@H]1C(N)=O)c1cc(F)cc2c1OCC2. The van der Waals surface area contributed by atoms with Gasteiger partial charge in [-0.2, -0.15) is 13.2 Å². The molecule has 24 heavy (non-hydrogen) atoms. The number of benzene rings is 1. The molecule has 0 radical (unpaired) electrons. The van der Waals surface area contributed by atoms with E-state index >= 15 is 0 Å². The Kier molecular flexibility index (Phi) is 3.60. The zero-order chi connectivity index (χ0) is 17.9. The molecule has 0 saturated carbocycles. The Bertz CT molecular complexity index is 701. The molecule has 0 spiro atoms. The van der Waals surface area contributed by atoms with Crippen LogP contribution in [0, 0.1) is 5.82 Å². The summed E-state index contributed by atoms with van der Waals surface area (Å²) >= 11 is 0. The third-order valence-corrected chi connectivity index (χ3v) is 4.61. The van der Waals surface area contributed by atoms with Crippen LogP contribution in [0.25, 0.3) is 0 Å². The fraction of sp³-hybridized carbons (Fsp3) is 0.562. The quantitative estimate of drug-likeness (QED) is 0.673. The van der Waals surface area contributed by atoms with E-state index in [1.807, 2.05) is 0 Å². The van der Waals surface area contributed by atoms with Crippen LogP contribution in [-0.2, 0) is 21.4 Å². The van der Waals surface area contributed by atoms with Crippen LogP contribution in [0.4, 0.5) is 17.6 Å². The molecule has 0 aromatic heterocycles. The van der Waals surface area contributed by atoms with Crippen molar-refractivity contribution in [2.45, 2.75) is 50.0 Å². The third kappa shape index (κ3) is 2.53. The Morgan fingerprint density at radius 2 is 2.04 bits per heavy atom. The molecule has 1 fully saturated rings. The van der Waals surface area contributed by atoms with Crippen molar-refractivity contribution in [2.24, 2.45) is 5.73 Å². The second-order valence-electron chi connectivity index (χ2n) is 6.89. The maximum absolute atomic E-state index is 13.9. The Hall–Kier alpha value is -1.83. The van der Waals surface area contributed by atoms with Gasteiger partial charge in [-0.15, -0.1) is 0 Å². The van der Waals surface area contributed by atoms with Gasteiger partial charge < -0.3 is 15.2 Å². The van der Waals surface area contributed by atoms with Gasteiger partial charge in [-0.25, -0.2) is 4.39 Å². The number of ether oxygens (including phenoxy) is 2. The largest absolute Gasteiger partial charge is 0.493 e. The minimum atomic E-state index is -4.76. The highest BCUT2D eigenvalue weighted by Crippen LogP contribution is 2.56.